The van der Waals surface area contributed by atoms with Crippen molar-refractivity contribution < 1.29 is 9.59 Å². The number of carbonyl (C=O) groups is 2. The van der Waals surface area contributed by atoms with E-state index in [4.69, 9.17) is 0 Å². The Morgan fingerprint density at radius 3 is 2.45 bits per heavy atom. The number of rotatable bonds is 3. The van der Waals surface area contributed by atoms with E-state index in [0.29, 0.717) is 26.2 Å². The molecule has 0 radical (unpaired) electrons. The molecule has 0 unspecified atom stereocenters. The molecule has 1 aliphatic rings. The fraction of sp³-hybridized carbons (Fsp3) is 0.467. The fourth-order valence-electron chi connectivity index (χ4n) is 2.31. The van der Waals surface area contributed by atoms with Gasteiger partial charge in [-0.2, -0.15) is 0 Å². The molecule has 0 aliphatic carbocycles. The summed E-state index contributed by atoms with van der Waals surface area (Å²) in [6.07, 6.45) is 2.82. The van der Waals surface area contributed by atoms with Gasteiger partial charge in [0.15, 0.2) is 0 Å². The number of piperazine rings is 1. The van der Waals surface area contributed by atoms with Gasteiger partial charge in [-0.1, -0.05) is 19.1 Å². The highest BCUT2D eigenvalue weighted by Gasteiger charge is 2.25. The SMILES string of the molecule is CC/C=C(/C)C(=O)N1CCN(C(=O)c2cccs2)CC1. The van der Waals surface area contributed by atoms with E-state index in [-0.39, 0.29) is 11.8 Å². The van der Waals surface area contributed by atoms with Crippen molar-refractivity contribution >= 4 is 23.2 Å². The second-order valence-electron chi connectivity index (χ2n) is 4.86. The summed E-state index contributed by atoms with van der Waals surface area (Å²) in [5, 5.41) is 1.91. The zero-order valence-electron chi connectivity index (χ0n) is 12.0. The maximum atomic E-state index is 12.2. The van der Waals surface area contributed by atoms with Gasteiger partial charge in [0, 0.05) is 31.8 Å². The summed E-state index contributed by atoms with van der Waals surface area (Å²) in [6, 6.07) is 3.73. The van der Waals surface area contributed by atoms with Crippen molar-refractivity contribution in [3.05, 3.63) is 34.0 Å². The Morgan fingerprint density at radius 2 is 1.90 bits per heavy atom. The molecule has 108 valence electrons. The molecule has 0 spiro atoms. The molecular weight excluding hydrogens is 272 g/mol. The zero-order valence-corrected chi connectivity index (χ0v) is 12.8. The molecule has 4 nitrogen and oxygen atoms in total. The number of carbonyl (C=O) groups excluding carboxylic acids is 2. The lowest BCUT2D eigenvalue weighted by Gasteiger charge is -2.34. The smallest absolute Gasteiger partial charge is 0.264 e. The normalized spacial score (nSPS) is 16.4. The van der Waals surface area contributed by atoms with Crippen molar-refractivity contribution in [2.75, 3.05) is 26.2 Å². The Morgan fingerprint density at radius 1 is 1.25 bits per heavy atom. The maximum Gasteiger partial charge on any atom is 0.264 e. The molecule has 2 rings (SSSR count). The third kappa shape index (κ3) is 3.28. The maximum absolute atomic E-state index is 12.2. The first-order valence-corrected chi connectivity index (χ1v) is 7.80. The molecule has 0 bridgehead atoms. The van der Waals surface area contributed by atoms with Crippen LogP contribution in [0.3, 0.4) is 0 Å². The van der Waals surface area contributed by atoms with E-state index in [1.807, 2.05) is 47.2 Å². The second kappa shape index (κ2) is 6.70. The van der Waals surface area contributed by atoms with E-state index in [0.717, 1.165) is 16.9 Å². The van der Waals surface area contributed by atoms with Crippen LogP contribution in [0.2, 0.25) is 0 Å². The quantitative estimate of drug-likeness (QED) is 0.803. The van der Waals surface area contributed by atoms with Crippen LogP contribution in [0.25, 0.3) is 0 Å². The van der Waals surface area contributed by atoms with Gasteiger partial charge in [0.1, 0.15) is 0 Å². The molecule has 0 N–H and O–H groups in total. The molecule has 1 fully saturated rings. The molecule has 20 heavy (non-hydrogen) atoms. The summed E-state index contributed by atoms with van der Waals surface area (Å²) in [5.41, 5.74) is 0.797. The number of allylic oxidation sites excluding steroid dienone is 1. The molecule has 1 saturated heterocycles. The van der Waals surface area contributed by atoms with E-state index in [9.17, 15) is 9.59 Å². The molecule has 5 heteroatoms. The summed E-state index contributed by atoms with van der Waals surface area (Å²) in [5.74, 6) is 0.169. The number of nitrogens with zero attached hydrogens (tertiary/aromatic N) is 2. The van der Waals surface area contributed by atoms with E-state index in [1.165, 1.54) is 11.3 Å². The minimum absolute atomic E-state index is 0.0768. The van der Waals surface area contributed by atoms with Crippen LogP contribution in [0, 0.1) is 0 Å². The summed E-state index contributed by atoms with van der Waals surface area (Å²) >= 11 is 1.46. The van der Waals surface area contributed by atoms with Crippen molar-refractivity contribution in [2.24, 2.45) is 0 Å². The molecule has 1 aromatic heterocycles. The average molecular weight is 292 g/mol. The van der Waals surface area contributed by atoms with Crippen LogP contribution < -0.4 is 0 Å². The van der Waals surface area contributed by atoms with Crippen LogP contribution in [-0.4, -0.2) is 47.8 Å². The topological polar surface area (TPSA) is 40.6 Å². The monoisotopic (exact) mass is 292 g/mol. The van der Waals surface area contributed by atoms with Crippen LogP contribution in [-0.2, 0) is 4.79 Å². The van der Waals surface area contributed by atoms with Crippen molar-refractivity contribution in [3.63, 3.8) is 0 Å². The predicted octanol–water partition coefficient (Wildman–Crippen LogP) is 2.39. The van der Waals surface area contributed by atoms with Crippen LogP contribution in [0.1, 0.15) is 29.9 Å². The third-order valence-corrected chi connectivity index (χ3v) is 4.29. The lowest BCUT2D eigenvalue weighted by Crippen LogP contribution is -2.50. The highest BCUT2D eigenvalue weighted by atomic mass is 32.1. The van der Waals surface area contributed by atoms with E-state index < -0.39 is 0 Å². The van der Waals surface area contributed by atoms with Gasteiger partial charge in [0.2, 0.25) is 5.91 Å². The van der Waals surface area contributed by atoms with Gasteiger partial charge in [-0.15, -0.1) is 11.3 Å². The average Bonchev–Trinajstić information content (AvgIpc) is 3.00. The highest BCUT2D eigenvalue weighted by Crippen LogP contribution is 2.14. The molecular formula is C15H20N2O2S. The molecule has 0 aromatic carbocycles. The van der Waals surface area contributed by atoms with Gasteiger partial charge in [-0.3, -0.25) is 9.59 Å². The third-order valence-electron chi connectivity index (χ3n) is 3.43. The molecule has 1 aromatic rings. The van der Waals surface area contributed by atoms with E-state index >= 15 is 0 Å². The van der Waals surface area contributed by atoms with Gasteiger partial charge in [-0.05, 0) is 24.8 Å². The Hall–Kier alpha value is -1.62. The number of amides is 2. The second-order valence-corrected chi connectivity index (χ2v) is 5.80. The van der Waals surface area contributed by atoms with Crippen molar-refractivity contribution in [2.45, 2.75) is 20.3 Å². The number of thiophene rings is 1. The lowest BCUT2D eigenvalue weighted by molar-refractivity contribution is -0.128. The molecule has 0 saturated carbocycles. The predicted molar refractivity (Wildman–Crippen MR) is 80.9 cm³/mol. The number of hydrogen-bond donors (Lipinski definition) is 0. The molecule has 2 heterocycles. The van der Waals surface area contributed by atoms with Gasteiger partial charge in [0.25, 0.3) is 5.91 Å². The van der Waals surface area contributed by atoms with Gasteiger partial charge in [0.05, 0.1) is 4.88 Å². The lowest BCUT2D eigenvalue weighted by atomic mass is 10.2. The van der Waals surface area contributed by atoms with Crippen molar-refractivity contribution in [3.8, 4) is 0 Å². The largest absolute Gasteiger partial charge is 0.335 e. The van der Waals surface area contributed by atoms with Gasteiger partial charge < -0.3 is 9.80 Å². The van der Waals surface area contributed by atoms with Crippen LogP contribution in [0.15, 0.2) is 29.2 Å². The Labute approximate surface area is 123 Å². The van der Waals surface area contributed by atoms with Gasteiger partial charge >= 0.3 is 0 Å². The summed E-state index contributed by atoms with van der Waals surface area (Å²) in [6.45, 7) is 6.34. The van der Waals surface area contributed by atoms with Crippen LogP contribution in [0.4, 0.5) is 0 Å². The minimum atomic E-state index is 0.0768. The Bertz CT molecular complexity index is 500. The highest BCUT2D eigenvalue weighted by molar-refractivity contribution is 7.12. The number of hydrogen-bond acceptors (Lipinski definition) is 3. The minimum Gasteiger partial charge on any atom is -0.335 e. The van der Waals surface area contributed by atoms with E-state index in [1.54, 1.807) is 0 Å². The zero-order chi connectivity index (χ0) is 14.5. The fourth-order valence-corrected chi connectivity index (χ4v) is 3.00. The Balaban J connectivity index is 1.91. The molecule has 2 amide bonds. The summed E-state index contributed by atoms with van der Waals surface area (Å²) < 4.78 is 0. The van der Waals surface area contributed by atoms with Crippen LogP contribution in [0.5, 0.6) is 0 Å². The first-order valence-electron chi connectivity index (χ1n) is 6.92. The van der Waals surface area contributed by atoms with Crippen molar-refractivity contribution in [1.29, 1.82) is 0 Å². The first kappa shape index (κ1) is 14.8. The van der Waals surface area contributed by atoms with E-state index in [2.05, 4.69) is 0 Å². The first-order chi connectivity index (χ1) is 9.63. The van der Waals surface area contributed by atoms with Gasteiger partial charge in [-0.25, -0.2) is 0 Å². The van der Waals surface area contributed by atoms with Crippen LogP contribution >= 0.6 is 11.3 Å². The Kier molecular flexibility index (Phi) is 4.95. The summed E-state index contributed by atoms with van der Waals surface area (Å²) in [4.78, 5) is 28.8. The molecule has 0 atom stereocenters. The standard InChI is InChI=1S/C15H20N2O2S/c1-3-5-12(2)14(18)16-7-9-17(10-8-16)15(19)13-6-4-11-20-13/h4-6,11H,3,7-10H2,1-2H3/b12-5-. The summed E-state index contributed by atoms with van der Waals surface area (Å²) in [7, 11) is 0. The van der Waals surface area contributed by atoms with Crippen molar-refractivity contribution in [1.82, 2.24) is 9.80 Å². The molecule has 1 aliphatic heterocycles.